The van der Waals surface area contributed by atoms with Gasteiger partial charge in [-0.3, -0.25) is 4.79 Å². The van der Waals surface area contributed by atoms with E-state index in [4.69, 9.17) is 5.73 Å². The number of piperidine rings is 1. The summed E-state index contributed by atoms with van der Waals surface area (Å²) in [4.78, 5) is 14.1. The Morgan fingerprint density at radius 1 is 1.44 bits per heavy atom. The van der Waals surface area contributed by atoms with Gasteiger partial charge in [-0.05, 0) is 36.9 Å². The molecule has 2 fully saturated rings. The summed E-state index contributed by atoms with van der Waals surface area (Å²) in [7, 11) is 0. The van der Waals surface area contributed by atoms with Crippen LogP contribution < -0.4 is 10.6 Å². The van der Waals surface area contributed by atoms with E-state index in [0.29, 0.717) is 18.4 Å². The largest absolute Gasteiger partial charge is 0.330 e. The van der Waals surface area contributed by atoms with Crippen LogP contribution in [0.15, 0.2) is 24.3 Å². The second kappa shape index (κ2) is 3.32. The number of carbonyl (C=O) groups excluding carboxylic acids is 1. The summed E-state index contributed by atoms with van der Waals surface area (Å²) in [5.41, 5.74) is 7.86. The second-order valence-corrected chi connectivity index (χ2v) is 4.82. The van der Waals surface area contributed by atoms with Gasteiger partial charge in [0.1, 0.15) is 0 Å². The third-order valence-corrected chi connectivity index (χ3v) is 3.95. The molecule has 1 aromatic rings. The molecule has 3 nitrogen and oxygen atoms in total. The number of hydrogen-bond donors (Lipinski definition) is 1. The summed E-state index contributed by atoms with van der Waals surface area (Å²) >= 11 is 0. The van der Waals surface area contributed by atoms with E-state index in [1.807, 2.05) is 36.1 Å². The zero-order valence-corrected chi connectivity index (χ0v) is 9.39. The molecule has 84 valence electrons. The number of anilines is 1. The molecule has 1 saturated carbocycles. The van der Waals surface area contributed by atoms with Crippen LogP contribution in [0.2, 0.25) is 0 Å². The lowest BCUT2D eigenvalue weighted by Crippen LogP contribution is -2.31. The topological polar surface area (TPSA) is 46.3 Å². The number of nitrogens with two attached hydrogens (primary N) is 1. The van der Waals surface area contributed by atoms with Crippen LogP contribution in [0.5, 0.6) is 0 Å². The predicted molar refractivity (Wildman–Crippen MR) is 63.1 cm³/mol. The van der Waals surface area contributed by atoms with Crippen LogP contribution >= 0.6 is 0 Å². The Hall–Kier alpha value is -1.35. The van der Waals surface area contributed by atoms with Gasteiger partial charge < -0.3 is 10.6 Å². The maximum Gasteiger partial charge on any atom is 0.230 e. The molecule has 1 aromatic carbocycles. The minimum atomic E-state index is 0.213. The van der Waals surface area contributed by atoms with Gasteiger partial charge in [-0.1, -0.05) is 18.2 Å². The molecular weight excluding hydrogens is 200 g/mol. The summed E-state index contributed by atoms with van der Waals surface area (Å²) in [6, 6.07) is 8.06. The predicted octanol–water partition coefficient (Wildman–Crippen LogP) is 1.16. The lowest BCUT2D eigenvalue weighted by atomic mass is 10.1. The summed E-state index contributed by atoms with van der Waals surface area (Å²) in [5, 5.41) is 0. The molecule has 1 aliphatic carbocycles. The summed E-state index contributed by atoms with van der Waals surface area (Å²) in [6.45, 7) is 3.56. The number of nitrogens with zero attached hydrogens (tertiary/aromatic N) is 1. The fourth-order valence-corrected chi connectivity index (χ4v) is 2.95. The van der Waals surface area contributed by atoms with E-state index in [0.717, 1.165) is 12.2 Å². The zero-order valence-electron chi connectivity index (χ0n) is 9.39. The summed E-state index contributed by atoms with van der Waals surface area (Å²) in [6.07, 6.45) is 0. The van der Waals surface area contributed by atoms with Gasteiger partial charge in [0, 0.05) is 18.2 Å². The fourth-order valence-electron chi connectivity index (χ4n) is 2.95. The van der Waals surface area contributed by atoms with Crippen LogP contribution in [-0.4, -0.2) is 19.0 Å². The lowest BCUT2D eigenvalue weighted by molar-refractivity contribution is -0.119. The molecule has 0 bridgehead atoms. The van der Waals surface area contributed by atoms with Gasteiger partial charge in [0.15, 0.2) is 0 Å². The Kier molecular flexibility index (Phi) is 2.04. The molecular formula is C13H16N2O. The van der Waals surface area contributed by atoms with Crippen LogP contribution in [-0.2, 0) is 4.79 Å². The molecule has 16 heavy (non-hydrogen) atoms. The van der Waals surface area contributed by atoms with Gasteiger partial charge in [0.05, 0.1) is 0 Å². The van der Waals surface area contributed by atoms with Crippen molar-refractivity contribution in [3.8, 4) is 0 Å². The Morgan fingerprint density at radius 2 is 2.19 bits per heavy atom. The Morgan fingerprint density at radius 3 is 2.75 bits per heavy atom. The van der Waals surface area contributed by atoms with Crippen molar-refractivity contribution in [2.24, 2.45) is 23.5 Å². The first kappa shape index (κ1) is 9.85. The molecule has 3 rings (SSSR count). The smallest absolute Gasteiger partial charge is 0.230 e. The second-order valence-electron chi connectivity index (χ2n) is 4.82. The van der Waals surface area contributed by atoms with Crippen LogP contribution in [0.1, 0.15) is 5.56 Å². The van der Waals surface area contributed by atoms with Crippen LogP contribution in [0.3, 0.4) is 0 Å². The van der Waals surface area contributed by atoms with E-state index < -0.39 is 0 Å². The number of amides is 1. The molecule has 1 amide bonds. The summed E-state index contributed by atoms with van der Waals surface area (Å²) in [5.74, 6) is 1.45. The van der Waals surface area contributed by atoms with Gasteiger partial charge in [0.2, 0.25) is 5.91 Å². The van der Waals surface area contributed by atoms with Crippen molar-refractivity contribution < 1.29 is 4.79 Å². The average Bonchev–Trinajstić information content (AvgIpc) is 2.89. The highest BCUT2D eigenvalue weighted by Crippen LogP contribution is 2.52. The number of aryl methyl sites for hydroxylation is 1. The van der Waals surface area contributed by atoms with E-state index in [2.05, 4.69) is 0 Å². The number of fused-ring (bicyclic) bond motifs is 1. The zero-order chi connectivity index (χ0) is 11.3. The maximum atomic E-state index is 12.1. The van der Waals surface area contributed by atoms with Crippen molar-refractivity contribution in [2.75, 3.05) is 18.0 Å². The number of carbonyl (C=O) groups is 1. The standard InChI is InChI=1S/C13H16N2O/c1-8-4-2-3-5-11(8)15-7-10-9(6-14)12(10)13(15)16/h2-5,9-10,12H,6-7,14H2,1H3. The van der Waals surface area contributed by atoms with E-state index >= 15 is 0 Å². The monoisotopic (exact) mass is 216 g/mol. The van der Waals surface area contributed by atoms with Crippen LogP contribution in [0, 0.1) is 24.7 Å². The molecule has 1 saturated heterocycles. The van der Waals surface area contributed by atoms with E-state index in [-0.39, 0.29) is 11.8 Å². The van der Waals surface area contributed by atoms with Crippen molar-refractivity contribution in [3.63, 3.8) is 0 Å². The van der Waals surface area contributed by atoms with Gasteiger partial charge in [0.25, 0.3) is 0 Å². The normalized spacial score (nSPS) is 31.8. The number of para-hydroxylation sites is 1. The Bertz CT molecular complexity index is 443. The van der Waals surface area contributed by atoms with Crippen molar-refractivity contribution in [1.82, 2.24) is 0 Å². The molecule has 2 N–H and O–H groups in total. The highest BCUT2D eigenvalue weighted by molar-refractivity contribution is 6.00. The van der Waals surface area contributed by atoms with Gasteiger partial charge >= 0.3 is 0 Å². The molecule has 3 unspecified atom stereocenters. The lowest BCUT2D eigenvalue weighted by Gasteiger charge is -2.21. The van der Waals surface area contributed by atoms with Crippen molar-refractivity contribution in [2.45, 2.75) is 6.92 Å². The average molecular weight is 216 g/mol. The first-order valence-electron chi connectivity index (χ1n) is 5.81. The van der Waals surface area contributed by atoms with Gasteiger partial charge in [-0.15, -0.1) is 0 Å². The van der Waals surface area contributed by atoms with Crippen molar-refractivity contribution >= 4 is 11.6 Å². The third-order valence-electron chi connectivity index (χ3n) is 3.95. The van der Waals surface area contributed by atoms with E-state index in [9.17, 15) is 4.79 Å². The SMILES string of the molecule is Cc1ccccc1N1CC2C(CN)C2C1=O. The molecule has 0 spiro atoms. The molecule has 1 heterocycles. The quantitative estimate of drug-likeness (QED) is 0.806. The Balaban J connectivity index is 1.85. The minimum absolute atomic E-state index is 0.213. The minimum Gasteiger partial charge on any atom is -0.330 e. The van der Waals surface area contributed by atoms with E-state index in [1.165, 1.54) is 5.56 Å². The fraction of sp³-hybridized carbons (Fsp3) is 0.462. The highest BCUT2D eigenvalue weighted by atomic mass is 16.2. The van der Waals surface area contributed by atoms with Crippen molar-refractivity contribution in [3.05, 3.63) is 29.8 Å². The van der Waals surface area contributed by atoms with E-state index in [1.54, 1.807) is 0 Å². The van der Waals surface area contributed by atoms with Crippen LogP contribution in [0.25, 0.3) is 0 Å². The maximum absolute atomic E-state index is 12.1. The number of benzene rings is 1. The molecule has 3 atom stereocenters. The number of hydrogen-bond acceptors (Lipinski definition) is 2. The Labute approximate surface area is 95.2 Å². The van der Waals surface area contributed by atoms with Crippen molar-refractivity contribution in [1.29, 1.82) is 0 Å². The highest BCUT2D eigenvalue weighted by Gasteiger charge is 2.60. The number of rotatable bonds is 2. The van der Waals surface area contributed by atoms with Gasteiger partial charge in [-0.2, -0.15) is 0 Å². The summed E-state index contributed by atoms with van der Waals surface area (Å²) < 4.78 is 0. The molecule has 0 aromatic heterocycles. The first-order chi connectivity index (χ1) is 7.74. The van der Waals surface area contributed by atoms with Crippen LogP contribution in [0.4, 0.5) is 5.69 Å². The first-order valence-corrected chi connectivity index (χ1v) is 5.81. The third kappa shape index (κ3) is 1.21. The molecule has 1 aliphatic heterocycles. The van der Waals surface area contributed by atoms with Gasteiger partial charge in [-0.25, -0.2) is 0 Å². The molecule has 3 heteroatoms. The molecule has 2 aliphatic rings. The molecule has 0 radical (unpaired) electrons.